The fraction of sp³-hybridized carbons (Fsp3) is 0.0833. The molecule has 1 aromatic heterocycles. The van der Waals surface area contributed by atoms with E-state index in [2.05, 4.69) is 26.2 Å². The largest absolute Gasteiger partial charge is 0.494 e. The van der Waals surface area contributed by atoms with Crippen LogP contribution in [0.2, 0.25) is 0 Å². The van der Waals surface area contributed by atoms with E-state index < -0.39 is 10.8 Å². The maximum atomic E-state index is 13.3. The average molecular weight is 492 g/mol. The summed E-state index contributed by atoms with van der Waals surface area (Å²) in [5.74, 6) is -0.101. The molecule has 0 atom stereocenters. The minimum Gasteiger partial charge on any atom is -0.494 e. The SMILES string of the molecule is CCOc1ccc(NC(=O)c2cc(-c3cccc(Br)c3)nc3ccccc23)c([N+](=O)[O-])c1. The number of aromatic nitrogens is 1. The van der Waals surface area contributed by atoms with Crippen LogP contribution in [0, 0.1) is 10.1 Å². The van der Waals surface area contributed by atoms with Crippen LogP contribution in [0.5, 0.6) is 5.75 Å². The summed E-state index contributed by atoms with van der Waals surface area (Å²) in [6, 6.07) is 21.0. The Morgan fingerprint density at radius 2 is 1.91 bits per heavy atom. The molecule has 8 heteroatoms. The van der Waals surface area contributed by atoms with Crippen LogP contribution < -0.4 is 10.1 Å². The molecule has 0 aliphatic heterocycles. The highest BCUT2D eigenvalue weighted by atomic mass is 79.9. The summed E-state index contributed by atoms with van der Waals surface area (Å²) >= 11 is 3.46. The fourth-order valence-corrected chi connectivity index (χ4v) is 3.77. The molecule has 3 aromatic carbocycles. The lowest BCUT2D eigenvalue weighted by molar-refractivity contribution is -0.384. The molecule has 0 aliphatic rings. The number of nitro groups is 1. The lowest BCUT2D eigenvalue weighted by atomic mass is 10.0. The number of halogens is 1. The third kappa shape index (κ3) is 4.45. The normalized spacial score (nSPS) is 10.7. The Morgan fingerprint density at radius 3 is 2.66 bits per heavy atom. The molecule has 0 unspecified atom stereocenters. The van der Waals surface area contributed by atoms with Crippen molar-refractivity contribution in [3.8, 4) is 17.0 Å². The molecule has 0 saturated heterocycles. The first-order valence-corrected chi connectivity index (χ1v) is 10.6. The third-order valence-electron chi connectivity index (χ3n) is 4.81. The summed E-state index contributed by atoms with van der Waals surface area (Å²) in [5.41, 5.74) is 2.33. The van der Waals surface area contributed by atoms with E-state index in [1.165, 1.54) is 12.1 Å². The molecule has 0 spiro atoms. The fourth-order valence-electron chi connectivity index (χ4n) is 3.37. The van der Waals surface area contributed by atoms with Gasteiger partial charge >= 0.3 is 0 Å². The lowest BCUT2D eigenvalue weighted by Gasteiger charge is -2.12. The maximum absolute atomic E-state index is 13.3. The van der Waals surface area contributed by atoms with E-state index in [4.69, 9.17) is 4.74 Å². The molecule has 0 aliphatic carbocycles. The predicted octanol–water partition coefficient (Wildman–Crippen LogP) is 6.22. The number of nitro benzene ring substituents is 1. The van der Waals surface area contributed by atoms with Gasteiger partial charge in [0.1, 0.15) is 11.4 Å². The summed E-state index contributed by atoms with van der Waals surface area (Å²) < 4.78 is 6.23. The summed E-state index contributed by atoms with van der Waals surface area (Å²) in [5, 5.41) is 14.9. The van der Waals surface area contributed by atoms with Gasteiger partial charge in [0, 0.05) is 15.4 Å². The van der Waals surface area contributed by atoms with E-state index in [0.717, 1.165) is 10.0 Å². The van der Waals surface area contributed by atoms with Gasteiger partial charge in [-0.25, -0.2) is 4.98 Å². The van der Waals surface area contributed by atoms with E-state index in [0.29, 0.717) is 34.5 Å². The number of pyridine rings is 1. The second-order valence-corrected chi connectivity index (χ2v) is 7.82. The highest BCUT2D eigenvalue weighted by Crippen LogP contribution is 2.31. The Morgan fingerprint density at radius 1 is 1.09 bits per heavy atom. The Kier molecular flexibility index (Phi) is 6.13. The summed E-state index contributed by atoms with van der Waals surface area (Å²) in [6.07, 6.45) is 0. The molecule has 160 valence electrons. The average Bonchev–Trinajstić information content (AvgIpc) is 2.79. The summed E-state index contributed by atoms with van der Waals surface area (Å²) in [7, 11) is 0. The van der Waals surface area contributed by atoms with Crippen LogP contribution in [-0.2, 0) is 0 Å². The molecule has 1 heterocycles. The van der Waals surface area contributed by atoms with Crippen LogP contribution in [0.4, 0.5) is 11.4 Å². The first-order chi connectivity index (χ1) is 15.5. The van der Waals surface area contributed by atoms with Gasteiger partial charge in [-0.15, -0.1) is 0 Å². The number of carbonyl (C=O) groups is 1. The quantitative estimate of drug-likeness (QED) is 0.255. The van der Waals surface area contributed by atoms with Crippen molar-refractivity contribution in [1.82, 2.24) is 4.98 Å². The van der Waals surface area contributed by atoms with Crippen molar-refractivity contribution < 1.29 is 14.5 Å². The predicted molar refractivity (Wildman–Crippen MR) is 127 cm³/mol. The van der Waals surface area contributed by atoms with Gasteiger partial charge in [-0.3, -0.25) is 14.9 Å². The van der Waals surface area contributed by atoms with E-state index in [1.54, 1.807) is 25.1 Å². The number of carbonyl (C=O) groups excluding carboxylic acids is 1. The number of nitrogens with zero attached hydrogens (tertiary/aromatic N) is 2. The van der Waals surface area contributed by atoms with Crippen molar-refractivity contribution in [2.24, 2.45) is 0 Å². The van der Waals surface area contributed by atoms with Crippen molar-refractivity contribution >= 4 is 44.1 Å². The van der Waals surface area contributed by atoms with E-state index in [-0.39, 0.29) is 11.4 Å². The monoisotopic (exact) mass is 491 g/mol. The van der Waals surface area contributed by atoms with Gasteiger partial charge in [-0.05, 0) is 43.3 Å². The second kappa shape index (κ2) is 9.15. The number of ether oxygens (including phenoxy) is 1. The van der Waals surface area contributed by atoms with Crippen LogP contribution in [0.25, 0.3) is 22.2 Å². The number of nitrogens with one attached hydrogen (secondary N) is 1. The Bertz CT molecular complexity index is 1340. The second-order valence-electron chi connectivity index (χ2n) is 6.91. The zero-order chi connectivity index (χ0) is 22.7. The van der Waals surface area contributed by atoms with Gasteiger partial charge in [0.2, 0.25) is 0 Å². The van der Waals surface area contributed by atoms with Crippen LogP contribution in [0.1, 0.15) is 17.3 Å². The lowest BCUT2D eigenvalue weighted by Crippen LogP contribution is -2.14. The van der Waals surface area contributed by atoms with Crippen molar-refractivity contribution in [2.45, 2.75) is 6.92 Å². The molecular weight excluding hydrogens is 474 g/mol. The van der Waals surface area contributed by atoms with Crippen LogP contribution in [0.15, 0.2) is 77.3 Å². The molecule has 0 bridgehead atoms. The van der Waals surface area contributed by atoms with Crippen LogP contribution in [-0.4, -0.2) is 22.4 Å². The Balaban J connectivity index is 1.78. The zero-order valence-corrected chi connectivity index (χ0v) is 18.6. The van der Waals surface area contributed by atoms with E-state index >= 15 is 0 Å². The van der Waals surface area contributed by atoms with Gasteiger partial charge in [0.05, 0.1) is 34.4 Å². The number of para-hydroxylation sites is 1. The molecular formula is C24H18BrN3O4. The van der Waals surface area contributed by atoms with Crippen molar-refractivity contribution in [3.05, 3.63) is 92.9 Å². The maximum Gasteiger partial charge on any atom is 0.296 e. The molecule has 4 aromatic rings. The first-order valence-electron chi connectivity index (χ1n) is 9.84. The number of hydrogen-bond acceptors (Lipinski definition) is 5. The molecule has 32 heavy (non-hydrogen) atoms. The van der Waals surface area contributed by atoms with Crippen molar-refractivity contribution in [3.63, 3.8) is 0 Å². The Labute approximate surface area is 192 Å². The van der Waals surface area contributed by atoms with Gasteiger partial charge in [0.25, 0.3) is 11.6 Å². The molecule has 0 fully saturated rings. The van der Waals surface area contributed by atoms with Crippen LogP contribution in [0.3, 0.4) is 0 Å². The summed E-state index contributed by atoms with van der Waals surface area (Å²) in [4.78, 5) is 29.0. The van der Waals surface area contributed by atoms with Crippen molar-refractivity contribution in [1.29, 1.82) is 0 Å². The van der Waals surface area contributed by atoms with Gasteiger partial charge < -0.3 is 10.1 Å². The molecule has 1 N–H and O–H groups in total. The topological polar surface area (TPSA) is 94.4 Å². The number of rotatable bonds is 6. The standard InChI is InChI=1S/C24H18BrN3O4/c1-2-32-17-10-11-21(23(13-17)28(30)31)27-24(29)19-14-22(15-6-5-7-16(25)12-15)26-20-9-4-3-8-18(19)20/h3-14H,2H2,1H3,(H,27,29). The molecule has 0 radical (unpaired) electrons. The number of hydrogen-bond donors (Lipinski definition) is 1. The minimum atomic E-state index is -0.546. The highest BCUT2D eigenvalue weighted by Gasteiger charge is 2.20. The van der Waals surface area contributed by atoms with Gasteiger partial charge in [0.15, 0.2) is 0 Å². The molecule has 4 rings (SSSR count). The third-order valence-corrected chi connectivity index (χ3v) is 5.30. The van der Waals surface area contributed by atoms with E-state index in [9.17, 15) is 14.9 Å². The Hall–Kier alpha value is -3.78. The minimum absolute atomic E-state index is 0.0911. The number of amides is 1. The highest BCUT2D eigenvalue weighted by molar-refractivity contribution is 9.10. The number of anilines is 1. The van der Waals surface area contributed by atoms with Gasteiger partial charge in [-0.1, -0.05) is 46.3 Å². The number of fused-ring (bicyclic) bond motifs is 1. The summed E-state index contributed by atoms with van der Waals surface area (Å²) in [6.45, 7) is 2.17. The van der Waals surface area contributed by atoms with Crippen LogP contribution >= 0.6 is 15.9 Å². The zero-order valence-electron chi connectivity index (χ0n) is 17.0. The van der Waals surface area contributed by atoms with Gasteiger partial charge in [-0.2, -0.15) is 0 Å². The van der Waals surface area contributed by atoms with E-state index in [1.807, 2.05) is 42.5 Å². The molecule has 0 saturated carbocycles. The van der Waals surface area contributed by atoms with Crippen molar-refractivity contribution in [2.75, 3.05) is 11.9 Å². The first kappa shape index (κ1) is 21.5. The molecule has 1 amide bonds. The number of benzene rings is 3. The smallest absolute Gasteiger partial charge is 0.296 e. The molecule has 7 nitrogen and oxygen atoms in total.